The number of benzene rings is 1. The number of hydrogen-bond acceptors (Lipinski definition) is 2. The second-order valence-corrected chi connectivity index (χ2v) is 6.18. The Hall–Kier alpha value is -1.13. The summed E-state index contributed by atoms with van der Waals surface area (Å²) in [5, 5.41) is 8.11. The molecular weight excluding hydrogens is 326 g/mol. The zero-order valence-electron chi connectivity index (χ0n) is 13.3. The first-order valence-electron chi connectivity index (χ1n) is 7.59. The van der Waals surface area contributed by atoms with Crippen LogP contribution in [0.2, 0.25) is 0 Å². The molecule has 1 unspecified atom stereocenters. The first-order chi connectivity index (χ1) is 10.1. The molecule has 1 atom stereocenters. The van der Waals surface area contributed by atoms with Crippen molar-refractivity contribution in [1.82, 2.24) is 15.1 Å². The van der Waals surface area contributed by atoms with E-state index in [2.05, 4.69) is 71.4 Å². The molecule has 21 heavy (non-hydrogen) atoms. The fourth-order valence-corrected chi connectivity index (χ4v) is 3.18. The summed E-state index contributed by atoms with van der Waals surface area (Å²) in [5.74, 6) is 0. The summed E-state index contributed by atoms with van der Waals surface area (Å²) >= 11 is 3.66. The Kier molecular flexibility index (Phi) is 5.59. The standard InChI is InChI=1S/C17H24BrN3/c1-5-13-7-9-14(10-8-13)12(3)19-11-16-17(18)15(6-2)20-21(16)4/h7-10,12,19H,5-6,11H2,1-4H3. The van der Waals surface area contributed by atoms with E-state index in [4.69, 9.17) is 0 Å². The van der Waals surface area contributed by atoms with Crippen molar-refractivity contribution < 1.29 is 0 Å². The van der Waals surface area contributed by atoms with Crippen LogP contribution in [0.1, 0.15) is 49.3 Å². The minimum atomic E-state index is 0.322. The smallest absolute Gasteiger partial charge is 0.0767 e. The fraction of sp³-hybridized carbons (Fsp3) is 0.471. The van der Waals surface area contributed by atoms with E-state index in [1.807, 2.05) is 11.7 Å². The van der Waals surface area contributed by atoms with Crippen LogP contribution in [0.3, 0.4) is 0 Å². The lowest BCUT2D eigenvalue weighted by Crippen LogP contribution is -2.20. The van der Waals surface area contributed by atoms with Gasteiger partial charge in [-0.25, -0.2) is 0 Å². The van der Waals surface area contributed by atoms with E-state index in [1.54, 1.807) is 0 Å². The highest BCUT2D eigenvalue weighted by Gasteiger charge is 2.13. The molecule has 0 saturated carbocycles. The van der Waals surface area contributed by atoms with Crippen LogP contribution in [0.25, 0.3) is 0 Å². The number of rotatable bonds is 6. The normalized spacial score (nSPS) is 12.6. The third-order valence-electron chi connectivity index (χ3n) is 3.97. The molecular formula is C17H24BrN3. The maximum atomic E-state index is 4.53. The lowest BCUT2D eigenvalue weighted by atomic mass is 10.0. The third kappa shape index (κ3) is 3.74. The van der Waals surface area contributed by atoms with Gasteiger partial charge >= 0.3 is 0 Å². The molecule has 0 aliphatic carbocycles. The monoisotopic (exact) mass is 349 g/mol. The van der Waals surface area contributed by atoms with E-state index in [0.29, 0.717) is 6.04 Å². The highest BCUT2D eigenvalue weighted by atomic mass is 79.9. The van der Waals surface area contributed by atoms with Crippen molar-refractivity contribution in [1.29, 1.82) is 0 Å². The van der Waals surface area contributed by atoms with Gasteiger partial charge in [0.25, 0.3) is 0 Å². The van der Waals surface area contributed by atoms with Gasteiger partial charge in [0.05, 0.1) is 15.9 Å². The van der Waals surface area contributed by atoms with Gasteiger partial charge in [0.2, 0.25) is 0 Å². The number of aryl methyl sites for hydroxylation is 3. The lowest BCUT2D eigenvalue weighted by molar-refractivity contribution is 0.546. The van der Waals surface area contributed by atoms with Crippen LogP contribution in [0.4, 0.5) is 0 Å². The highest BCUT2D eigenvalue weighted by Crippen LogP contribution is 2.22. The van der Waals surface area contributed by atoms with E-state index < -0.39 is 0 Å². The Bertz CT molecular complexity index is 587. The summed E-state index contributed by atoms with van der Waals surface area (Å²) in [6.07, 6.45) is 2.03. The summed E-state index contributed by atoms with van der Waals surface area (Å²) in [7, 11) is 2.00. The van der Waals surface area contributed by atoms with Crippen molar-refractivity contribution >= 4 is 15.9 Å². The molecule has 4 heteroatoms. The predicted octanol–water partition coefficient (Wildman–Crippen LogP) is 4.16. The van der Waals surface area contributed by atoms with Crippen molar-refractivity contribution in [2.24, 2.45) is 7.05 Å². The van der Waals surface area contributed by atoms with E-state index in [1.165, 1.54) is 16.8 Å². The van der Waals surface area contributed by atoms with Gasteiger partial charge in [0.1, 0.15) is 0 Å². The van der Waals surface area contributed by atoms with Gasteiger partial charge < -0.3 is 5.32 Å². The molecule has 0 amide bonds. The number of hydrogen-bond donors (Lipinski definition) is 1. The largest absolute Gasteiger partial charge is 0.305 e. The molecule has 0 aliphatic rings. The van der Waals surface area contributed by atoms with Gasteiger partial charge in [-0.15, -0.1) is 0 Å². The van der Waals surface area contributed by atoms with Crippen molar-refractivity contribution in [3.8, 4) is 0 Å². The Morgan fingerprint density at radius 3 is 2.38 bits per heavy atom. The summed E-state index contributed by atoms with van der Waals surface area (Å²) in [4.78, 5) is 0. The first-order valence-corrected chi connectivity index (χ1v) is 8.38. The Morgan fingerprint density at radius 2 is 1.86 bits per heavy atom. The van der Waals surface area contributed by atoms with Crippen LogP contribution >= 0.6 is 15.9 Å². The van der Waals surface area contributed by atoms with Gasteiger partial charge in [0, 0.05) is 19.6 Å². The number of halogens is 1. The van der Waals surface area contributed by atoms with Crippen LogP contribution in [0.15, 0.2) is 28.7 Å². The van der Waals surface area contributed by atoms with E-state index in [9.17, 15) is 0 Å². The first kappa shape index (κ1) is 16.2. The highest BCUT2D eigenvalue weighted by molar-refractivity contribution is 9.10. The molecule has 2 aromatic rings. The Morgan fingerprint density at radius 1 is 1.19 bits per heavy atom. The molecule has 0 radical (unpaired) electrons. The molecule has 0 bridgehead atoms. The molecule has 3 nitrogen and oxygen atoms in total. The van der Waals surface area contributed by atoms with Crippen molar-refractivity contribution in [3.05, 3.63) is 51.3 Å². The van der Waals surface area contributed by atoms with E-state index >= 15 is 0 Å². The average molecular weight is 350 g/mol. The SMILES string of the molecule is CCc1ccc(C(C)NCc2c(Br)c(CC)nn2C)cc1. The van der Waals surface area contributed by atoms with Crippen molar-refractivity contribution in [2.75, 3.05) is 0 Å². The van der Waals surface area contributed by atoms with Crippen molar-refractivity contribution in [2.45, 2.75) is 46.2 Å². The topological polar surface area (TPSA) is 29.9 Å². The molecule has 0 saturated heterocycles. The third-order valence-corrected chi connectivity index (χ3v) is 4.88. The average Bonchev–Trinajstić information content (AvgIpc) is 2.79. The van der Waals surface area contributed by atoms with Gasteiger partial charge in [-0.2, -0.15) is 5.10 Å². The predicted molar refractivity (Wildman–Crippen MR) is 91.4 cm³/mol. The Balaban J connectivity index is 2.03. The lowest BCUT2D eigenvalue weighted by Gasteiger charge is -2.15. The molecule has 2 rings (SSSR count). The second-order valence-electron chi connectivity index (χ2n) is 5.38. The maximum Gasteiger partial charge on any atom is 0.0767 e. The summed E-state index contributed by atoms with van der Waals surface area (Å²) < 4.78 is 3.09. The van der Waals surface area contributed by atoms with Gasteiger partial charge in [-0.1, -0.05) is 38.1 Å². The summed E-state index contributed by atoms with van der Waals surface area (Å²) in [5.41, 5.74) is 5.02. The zero-order chi connectivity index (χ0) is 15.4. The minimum Gasteiger partial charge on any atom is -0.305 e. The van der Waals surface area contributed by atoms with E-state index in [0.717, 1.165) is 29.6 Å². The molecule has 1 aromatic heterocycles. The van der Waals surface area contributed by atoms with Gasteiger partial charge in [0.15, 0.2) is 0 Å². The molecule has 0 spiro atoms. The Labute approximate surface area is 135 Å². The molecule has 0 fully saturated rings. The van der Waals surface area contributed by atoms with Crippen LogP contribution in [0, 0.1) is 0 Å². The summed E-state index contributed by atoms with van der Waals surface area (Å²) in [6, 6.07) is 9.17. The van der Waals surface area contributed by atoms with Crippen molar-refractivity contribution in [3.63, 3.8) is 0 Å². The number of nitrogens with zero attached hydrogens (tertiary/aromatic N) is 2. The molecule has 0 aliphatic heterocycles. The quantitative estimate of drug-likeness (QED) is 0.848. The maximum absolute atomic E-state index is 4.53. The molecule has 114 valence electrons. The summed E-state index contributed by atoms with van der Waals surface area (Å²) in [6.45, 7) is 7.32. The van der Waals surface area contributed by atoms with Crippen LogP contribution in [-0.4, -0.2) is 9.78 Å². The minimum absolute atomic E-state index is 0.322. The molecule has 1 heterocycles. The molecule has 1 N–H and O–H groups in total. The number of aromatic nitrogens is 2. The van der Waals surface area contributed by atoms with Crippen LogP contribution < -0.4 is 5.32 Å². The molecule has 1 aromatic carbocycles. The van der Waals surface area contributed by atoms with Crippen LogP contribution in [-0.2, 0) is 26.4 Å². The van der Waals surface area contributed by atoms with Crippen LogP contribution in [0.5, 0.6) is 0 Å². The van der Waals surface area contributed by atoms with Gasteiger partial charge in [-0.3, -0.25) is 4.68 Å². The number of nitrogens with one attached hydrogen (secondary N) is 1. The van der Waals surface area contributed by atoms with E-state index in [-0.39, 0.29) is 0 Å². The van der Waals surface area contributed by atoms with Gasteiger partial charge in [-0.05, 0) is 46.8 Å². The second kappa shape index (κ2) is 7.23. The zero-order valence-corrected chi connectivity index (χ0v) is 14.9. The fourth-order valence-electron chi connectivity index (χ4n) is 2.42.